The first-order valence-electron chi connectivity index (χ1n) is 10.2. The van der Waals surface area contributed by atoms with E-state index in [4.69, 9.17) is 9.47 Å². The first-order valence-corrected chi connectivity index (χ1v) is 11.2. The molecule has 4 aromatic rings. The van der Waals surface area contributed by atoms with Crippen molar-refractivity contribution < 1.29 is 14.3 Å². The number of anilines is 1. The van der Waals surface area contributed by atoms with Crippen molar-refractivity contribution in [2.45, 2.75) is 18.6 Å². The van der Waals surface area contributed by atoms with Crippen LogP contribution in [0.4, 0.5) is 5.69 Å². The molecule has 4 rings (SSSR count). The quantitative estimate of drug-likeness (QED) is 0.388. The lowest BCUT2D eigenvalue weighted by Gasteiger charge is -2.11. The third-order valence-corrected chi connectivity index (χ3v) is 6.04. The van der Waals surface area contributed by atoms with Crippen LogP contribution in [0.2, 0.25) is 0 Å². The highest BCUT2D eigenvalue weighted by Gasteiger charge is 2.17. The molecule has 0 bridgehead atoms. The van der Waals surface area contributed by atoms with Gasteiger partial charge in [0.15, 0.2) is 22.5 Å². The molecule has 0 fully saturated rings. The van der Waals surface area contributed by atoms with Crippen molar-refractivity contribution in [3.8, 4) is 22.9 Å². The Balaban J connectivity index is 1.49. The molecular weight excluding hydrogens is 424 g/mol. The number of amides is 1. The summed E-state index contributed by atoms with van der Waals surface area (Å²) in [6.07, 6.45) is 0. The molecule has 8 heteroatoms. The van der Waals surface area contributed by atoms with Crippen LogP contribution in [-0.4, -0.2) is 40.6 Å². The summed E-state index contributed by atoms with van der Waals surface area (Å²) in [5.41, 5.74) is 1.67. The molecule has 1 N–H and O–H groups in total. The number of ether oxygens (including phenoxy) is 2. The van der Waals surface area contributed by atoms with Crippen molar-refractivity contribution in [3.63, 3.8) is 0 Å². The Kier molecular flexibility index (Phi) is 6.61. The zero-order chi connectivity index (χ0) is 22.5. The highest BCUT2D eigenvalue weighted by atomic mass is 32.2. The molecule has 0 saturated carbocycles. The van der Waals surface area contributed by atoms with E-state index in [1.54, 1.807) is 14.2 Å². The van der Waals surface area contributed by atoms with Gasteiger partial charge in [-0.1, -0.05) is 48.2 Å². The molecule has 0 aliphatic rings. The number of nitrogens with one attached hydrogen (secondary N) is 1. The van der Waals surface area contributed by atoms with Gasteiger partial charge in [-0.05, 0) is 36.6 Å². The van der Waals surface area contributed by atoms with Gasteiger partial charge in [0.1, 0.15) is 0 Å². The highest BCUT2D eigenvalue weighted by molar-refractivity contribution is 7.99. The van der Waals surface area contributed by atoms with E-state index in [-0.39, 0.29) is 11.7 Å². The second-order valence-corrected chi connectivity index (χ2v) is 7.93. The fraction of sp³-hybridized carbons (Fsp3) is 0.208. The average molecular weight is 449 g/mol. The molecule has 3 aromatic carbocycles. The maximum absolute atomic E-state index is 12.6. The van der Waals surface area contributed by atoms with Gasteiger partial charge in [-0.25, -0.2) is 0 Å². The van der Waals surface area contributed by atoms with Crippen molar-refractivity contribution in [3.05, 3.63) is 60.7 Å². The Labute approximate surface area is 190 Å². The van der Waals surface area contributed by atoms with Crippen molar-refractivity contribution in [1.82, 2.24) is 14.8 Å². The van der Waals surface area contributed by atoms with Crippen LogP contribution >= 0.6 is 11.8 Å². The number of fused-ring (bicyclic) bond motifs is 1. The molecule has 32 heavy (non-hydrogen) atoms. The molecule has 0 saturated heterocycles. The molecule has 0 unspecified atom stereocenters. The van der Waals surface area contributed by atoms with E-state index in [0.717, 1.165) is 22.0 Å². The lowest BCUT2D eigenvalue weighted by atomic mass is 10.1. The number of thioether (sulfide) groups is 1. The minimum atomic E-state index is -0.0929. The van der Waals surface area contributed by atoms with Gasteiger partial charge in [0.2, 0.25) is 5.91 Å². The van der Waals surface area contributed by atoms with E-state index in [2.05, 4.69) is 15.5 Å². The lowest BCUT2D eigenvalue weighted by Crippen LogP contribution is -2.15. The van der Waals surface area contributed by atoms with E-state index >= 15 is 0 Å². The Morgan fingerprint density at radius 3 is 2.56 bits per heavy atom. The predicted octanol–water partition coefficient (Wildman–Crippen LogP) is 4.87. The predicted molar refractivity (Wildman–Crippen MR) is 128 cm³/mol. The number of nitrogens with zero attached hydrogens (tertiary/aromatic N) is 3. The summed E-state index contributed by atoms with van der Waals surface area (Å²) in [6.45, 7) is 2.69. The number of hydrogen-bond donors (Lipinski definition) is 1. The van der Waals surface area contributed by atoms with Crippen LogP contribution < -0.4 is 14.8 Å². The van der Waals surface area contributed by atoms with Gasteiger partial charge in [-0.2, -0.15) is 0 Å². The molecule has 1 heterocycles. The van der Waals surface area contributed by atoms with Crippen molar-refractivity contribution in [2.24, 2.45) is 0 Å². The van der Waals surface area contributed by atoms with E-state index in [1.165, 1.54) is 11.8 Å². The minimum Gasteiger partial charge on any atom is -0.493 e. The number of benzene rings is 3. The molecule has 0 spiro atoms. The number of carbonyl (C=O) groups excluding carboxylic acids is 1. The van der Waals surface area contributed by atoms with E-state index in [9.17, 15) is 4.79 Å². The van der Waals surface area contributed by atoms with Gasteiger partial charge in [0.05, 0.1) is 20.0 Å². The number of methoxy groups -OCH3 is 2. The molecular formula is C24H24N4O3S. The molecule has 1 aromatic heterocycles. The number of rotatable bonds is 8. The maximum Gasteiger partial charge on any atom is 0.234 e. The van der Waals surface area contributed by atoms with Gasteiger partial charge >= 0.3 is 0 Å². The molecule has 0 atom stereocenters. The van der Waals surface area contributed by atoms with Crippen LogP contribution in [0.15, 0.2) is 65.8 Å². The Bertz CT molecular complexity index is 1250. The molecule has 7 nitrogen and oxygen atoms in total. The first kappa shape index (κ1) is 21.7. The molecule has 0 radical (unpaired) electrons. The van der Waals surface area contributed by atoms with Crippen molar-refractivity contribution >= 4 is 34.1 Å². The van der Waals surface area contributed by atoms with Crippen LogP contribution in [0, 0.1) is 0 Å². The Morgan fingerprint density at radius 1 is 1.00 bits per heavy atom. The summed E-state index contributed by atoms with van der Waals surface area (Å²) >= 11 is 1.36. The molecule has 0 aliphatic carbocycles. The smallest absolute Gasteiger partial charge is 0.234 e. The van der Waals surface area contributed by atoms with Gasteiger partial charge in [0, 0.05) is 23.2 Å². The van der Waals surface area contributed by atoms with E-state index in [1.807, 2.05) is 72.2 Å². The van der Waals surface area contributed by atoms with E-state index in [0.29, 0.717) is 29.0 Å². The fourth-order valence-corrected chi connectivity index (χ4v) is 4.32. The summed E-state index contributed by atoms with van der Waals surface area (Å²) < 4.78 is 12.7. The lowest BCUT2D eigenvalue weighted by molar-refractivity contribution is -0.113. The second kappa shape index (κ2) is 9.74. The van der Waals surface area contributed by atoms with Gasteiger partial charge < -0.3 is 19.4 Å². The summed E-state index contributed by atoms with van der Waals surface area (Å²) in [5, 5.41) is 14.5. The summed E-state index contributed by atoms with van der Waals surface area (Å²) in [4.78, 5) is 12.6. The minimum absolute atomic E-state index is 0.0929. The standard InChI is InChI=1S/C24H24N4O3S/c1-4-28-23(17-12-13-20(30-2)21(14-17)31-3)26-27-24(28)32-15-22(29)25-19-11-7-9-16-8-5-6-10-18(16)19/h5-14H,4,15H2,1-3H3,(H,25,29). The molecule has 1 amide bonds. The van der Waals surface area contributed by atoms with E-state index < -0.39 is 0 Å². The fourth-order valence-electron chi connectivity index (χ4n) is 3.52. The SMILES string of the molecule is CCn1c(SCC(=O)Nc2cccc3ccccc23)nnc1-c1ccc(OC)c(OC)c1. The third-order valence-electron chi connectivity index (χ3n) is 5.07. The van der Waals surface area contributed by atoms with Crippen LogP contribution in [0.3, 0.4) is 0 Å². The molecule has 164 valence electrons. The largest absolute Gasteiger partial charge is 0.493 e. The summed E-state index contributed by atoms with van der Waals surface area (Å²) in [7, 11) is 3.20. The monoisotopic (exact) mass is 448 g/mol. The number of hydrogen-bond acceptors (Lipinski definition) is 6. The normalized spacial score (nSPS) is 10.8. The number of aromatic nitrogens is 3. The Morgan fingerprint density at radius 2 is 1.78 bits per heavy atom. The van der Waals surface area contributed by atoms with Crippen LogP contribution in [0.5, 0.6) is 11.5 Å². The van der Waals surface area contributed by atoms with Gasteiger partial charge in [-0.3, -0.25) is 4.79 Å². The zero-order valence-electron chi connectivity index (χ0n) is 18.2. The molecule has 0 aliphatic heterocycles. The van der Waals surface area contributed by atoms with Crippen LogP contribution in [-0.2, 0) is 11.3 Å². The Hall–Kier alpha value is -3.52. The van der Waals surface area contributed by atoms with Crippen molar-refractivity contribution in [2.75, 3.05) is 25.3 Å². The average Bonchev–Trinajstić information content (AvgIpc) is 3.25. The van der Waals surface area contributed by atoms with Crippen LogP contribution in [0.25, 0.3) is 22.2 Å². The first-order chi connectivity index (χ1) is 15.6. The van der Waals surface area contributed by atoms with Gasteiger partial charge in [-0.15, -0.1) is 10.2 Å². The summed E-state index contributed by atoms with van der Waals surface area (Å²) in [6, 6.07) is 19.5. The van der Waals surface area contributed by atoms with Gasteiger partial charge in [0.25, 0.3) is 0 Å². The maximum atomic E-state index is 12.6. The highest BCUT2D eigenvalue weighted by Crippen LogP contribution is 2.33. The summed E-state index contributed by atoms with van der Waals surface area (Å²) in [5.74, 6) is 2.13. The zero-order valence-corrected chi connectivity index (χ0v) is 19.0. The topological polar surface area (TPSA) is 78.3 Å². The third kappa shape index (κ3) is 4.40. The van der Waals surface area contributed by atoms with Crippen LogP contribution in [0.1, 0.15) is 6.92 Å². The second-order valence-electron chi connectivity index (χ2n) is 6.98. The van der Waals surface area contributed by atoms with Crippen molar-refractivity contribution in [1.29, 1.82) is 0 Å². The number of carbonyl (C=O) groups is 1.